The molecule has 1 aliphatic carbocycles. The third-order valence-electron chi connectivity index (χ3n) is 4.60. The van der Waals surface area contributed by atoms with Crippen LogP contribution in [-0.2, 0) is 4.79 Å². The highest BCUT2D eigenvalue weighted by molar-refractivity contribution is 6.07. The minimum atomic E-state index is -0.810. The van der Waals surface area contributed by atoms with Gasteiger partial charge in [-0.2, -0.15) is 0 Å². The first-order valence-electron chi connectivity index (χ1n) is 9.14. The van der Waals surface area contributed by atoms with Crippen molar-refractivity contribution >= 4 is 34.6 Å². The van der Waals surface area contributed by atoms with Crippen molar-refractivity contribution in [3.63, 3.8) is 0 Å². The molecule has 1 aliphatic rings. The summed E-state index contributed by atoms with van der Waals surface area (Å²) in [4.78, 5) is 45.3. The number of nitro benzene ring substituents is 2. The Labute approximate surface area is 170 Å². The molecule has 10 nitrogen and oxygen atoms in total. The molecule has 2 aromatic carbocycles. The van der Waals surface area contributed by atoms with Gasteiger partial charge in [-0.15, -0.1) is 0 Å². The number of carbonyl (C=O) groups excluding carboxylic acids is 2. The van der Waals surface area contributed by atoms with Gasteiger partial charge in [-0.3, -0.25) is 29.8 Å². The Kier molecular flexibility index (Phi) is 6.16. The van der Waals surface area contributed by atoms with E-state index in [-0.39, 0.29) is 23.1 Å². The minimum absolute atomic E-state index is 0.178. The number of allylic oxidation sites excluding steroid dienone is 2. The number of anilines is 2. The fraction of sp³-hybridized carbons (Fsp3) is 0.200. The molecule has 10 heteroatoms. The molecule has 0 radical (unpaired) electrons. The summed E-state index contributed by atoms with van der Waals surface area (Å²) in [6.45, 7) is 0. The van der Waals surface area contributed by atoms with Crippen molar-refractivity contribution in [1.29, 1.82) is 0 Å². The van der Waals surface area contributed by atoms with E-state index >= 15 is 0 Å². The molecular weight excluding hydrogens is 392 g/mol. The Balaban J connectivity index is 1.79. The zero-order valence-corrected chi connectivity index (χ0v) is 15.7. The third-order valence-corrected chi connectivity index (χ3v) is 4.60. The maximum atomic E-state index is 12.6. The lowest BCUT2D eigenvalue weighted by Crippen LogP contribution is -2.18. The second-order valence-corrected chi connectivity index (χ2v) is 6.77. The summed E-state index contributed by atoms with van der Waals surface area (Å²) in [5.74, 6) is -0.807. The highest BCUT2D eigenvalue weighted by atomic mass is 16.6. The van der Waals surface area contributed by atoms with E-state index in [2.05, 4.69) is 10.6 Å². The number of non-ortho nitro benzene ring substituents is 2. The number of para-hydroxylation sites is 2. The summed E-state index contributed by atoms with van der Waals surface area (Å²) in [5, 5.41) is 27.3. The van der Waals surface area contributed by atoms with Crippen LogP contribution >= 0.6 is 0 Å². The summed E-state index contributed by atoms with van der Waals surface area (Å²) < 4.78 is 0. The maximum Gasteiger partial charge on any atom is 0.277 e. The molecule has 2 N–H and O–H groups in total. The van der Waals surface area contributed by atoms with E-state index in [0.29, 0.717) is 12.1 Å². The second kappa shape index (κ2) is 8.95. The van der Waals surface area contributed by atoms with Crippen LogP contribution in [-0.4, -0.2) is 21.7 Å². The Morgan fingerprint density at radius 3 is 2.10 bits per heavy atom. The first-order valence-corrected chi connectivity index (χ1v) is 9.14. The topological polar surface area (TPSA) is 144 Å². The molecule has 1 unspecified atom stereocenters. The predicted octanol–water partition coefficient (Wildman–Crippen LogP) is 4.05. The summed E-state index contributed by atoms with van der Waals surface area (Å²) in [7, 11) is 0. The number of rotatable bonds is 7. The average Bonchev–Trinajstić information content (AvgIpc) is 3.21. The van der Waals surface area contributed by atoms with Gasteiger partial charge in [0.15, 0.2) is 0 Å². The molecule has 2 aromatic rings. The van der Waals surface area contributed by atoms with Crippen molar-refractivity contribution in [3.8, 4) is 0 Å². The van der Waals surface area contributed by atoms with Crippen LogP contribution in [0.3, 0.4) is 0 Å². The zero-order valence-electron chi connectivity index (χ0n) is 15.7. The number of nitrogens with zero attached hydrogens (tertiary/aromatic N) is 2. The number of nitrogens with one attached hydrogen (secondary N) is 2. The Hall–Kier alpha value is -4.08. The molecule has 0 saturated carbocycles. The molecule has 30 heavy (non-hydrogen) atoms. The van der Waals surface area contributed by atoms with E-state index in [1.165, 1.54) is 0 Å². The smallest absolute Gasteiger partial charge is 0.277 e. The third kappa shape index (κ3) is 5.04. The summed E-state index contributed by atoms with van der Waals surface area (Å²) in [6.07, 6.45) is 6.21. The van der Waals surface area contributed by atoms with Crippen LogP contribution in [0, 0.1) is 26.1 Å². The molecule has 3 rings (SSSR count). The molecule has 0 aromatic heterocycles. The van der Waals surface area contributed by atoms with Gasteiger partial charge in [-0.25, -0.2) is 0 Å². The Bertz CT molecular complexity index is 1020. The first-order chi connectivity index (χ1) is 14.3. The summed E-state index contributed by atoms with van der Waals surface area (Å²) >= 11 is 0. The summed E-state index contributed by atoms with van der Waals surface area (Å²) in [6, 6.07) is 9.16. The lowest BCUT2D eigenvalue weighted by molar-refractivity contribution is -0.394. The van der Waals surface area contributed by atoms with Gasteiger partial charge in [0, 0.05) is 18.6 Å². The Morgan fingerprint density at radius 1 is 0.967 bits per heavy atom. The van der Waals surface area contributed by atoms with E-state index in [9.17, 15) is 29.8 Å². The zero-order chi connectivity index (χ0) is 21.7. The largest absolute Gasteiger partial charge is 0.324 e. The fourth-order valence-electron chi connectivity index (χ4n) is 3.14. The molecule has 0 bridgehead atoms. The first kappa shape index (κ1) is 20.6. The SMILES string of the molecule is O=C(CC1C=CCC1)Nc1ccccc1NC(=O)c1cc([N+](=O)[O-])cc([N+](=O)[O-])c1. The van der Waals surface area contributed by atoms with Crippen molar-refractivity contribution in [2.75, 3.05) is 10.6 Å². The lowest BCUT2D eigenvalue weighted by Gasteiger charge is -2.13. The molecule has 0 aliphatic heterocycles. The van der Waals surface area contributed by atoms with Crippen molar-refractivity contribution in [2.24, 2.45) is 5.92 Å². The number of hydrogen-bond donors (Lipinski definition) is 2. The lowest BCUT2D eigenvalue weighted by atomic mass is 10.0. The van der Waals surface area contributed by atoms with E-state index in [0.717, 1.165) is 31.0 Å². The van der Waals surface area contributed by atoms with E-state index in [1.54, 1.807) is 24.3 Å². The van der Waals surface area contributed by atoms with Gasteiger partial charge in [0.2, 0.25) is 5.91 Å². The fourth-order valence-corrected chi connectivity index (χ4v) is 3.14. The average molecular weight is 410 g/mol. The van der Waals surface area contributed by atoms with Crippen LogP contribution in [0.15, 0.2) is 54.6 Å². The van der Waals surface area contributed by atoms with Gasteiger partial charge in [0.05, 0.1) is 32.9 Å². The molecule has 0 fully saturated rings. The number of amides is 2. The second-order valence-electron chi connectivity index (χ2n) is 6.77. The standard InChI is InChI=1S/C20H18N4O6/c25-19(9-13-5-1-2-6-13)21-17-7-3-4-8-18(17)22-20(26)14-10-15(23(27)28)12-16(11-14)24(29)30/h1,3-5,7-8,10-13H,2,6,9H2,(H,21,25)(H,22,26). The number of benzene rings is 2. The van der Waals surface area contributed by atoms with Crippen molar-refractivity contribution in [3.05, 3.63) is 80.4 Å². The van der Waals surface area contributed by atoms with Crippen LogP contribution in [0.25, 0.3) is 0 Å². The monoisotopic (exact) mass is 410 g/mol. The van der Waals surface area contributed by atoms with Gasteiger partial charge in [0.1, 0.15) is 0 Å². The predicted molar refractivity (Wildman–Crippen MR) is 109 cm³/mol. The van der Waals surface area contributed by atoms with Crippen LogP contribution in [0.5, 0.6) is 0 Å². The molecule has 0 spiro atoms. The van der Waals surface area contributed by atoms with Crippen molar-refractivity contribution in [1.82, 2.24) is 0 Å². The van der Waals surface area contributed by atoms with E-state index < -0.39 is 27.1 Å². The van der Waals surface area contributed by atoms with Crippen LogP contribution in [0.4, 0.5) is 22.7 Å². The van der Waals surface area contributed by atoms with E-state index in [1.807, 2.05) is 12.2 Å². The van der Waals surface area contributed by atoms with E-state index in [4.69, 9.17) is 0 Å². The Morgan fingerprint density at radius 2 is 1.57 bits per heavy atom. The van der Waals surface area contributed by atoms with Crippen LogP contribution in [0.2, 0.25) is 0 Å². The quantitative estimate of drug-likeness (QED) is 0.400. The molecule has 154 valence electrons. The maximum absolute atomic E-state index is 12.6. The molecular formula is C20H18N4O6. The van der Waals surface area contributed by atoms with Crippen LogP contribution in [0.1, 0.15) is 29.6 Å². The highest BCUT2D eigenvalue weighted by Crippen LogP contribution is 2.27. The van der Waals surface area contributed by atoms with Gasteiger partial charge in [0.25, 0.3) is 17.3 Å². The number of nitro groups is 2. The highest BCUT2D eigenvalue weighted by Gasteiger charge is 2.21. The number of carbonyl (C=O) groups is 2. The molecule has 0 saturated heterocycles. The normalized spacial score (nSPS) is 14.9. The van der Waals surface area contributed by atoms with Crippen LogP contribution < -0.4 is 10.6 Å². The van der Waals surface area contributed by atoms with Crippen molar-refractivity contribution in [2.45, 2.75) is 19.3 Å². The number of hydrogen-bond acceptors (Lipinski definition) is 6. The summed E-state index contributed by atoms with van der Waals surface area (Å²) in [5.41, 5.74) is -0.751. The van der Waals surface area contributed by atoms with Gasteiger partial charge in [-0.1, -0.05) is 24.3 Å². The minimum Gasteiger partial charge on any atom is -0.324 e. The van der Waals surface area contributed by atoms with Crippen molar-refractivity contribution < 1.29 is 19.4 Å². The molecule has 2 amide bonds. The molecule has 0 heterocycles. The molecule has 1 atom stereocenters. The van der Waals surface area contributed by atoms with Gasteiger partial charge in [-0.05, 0) is 30.9 Å². The van der Waals surface area contributed by atoms with Gasteiger partial charge >= 0.3 is 0 Å². The van der Waals surface area contributed by atoms with Gasteiger partial charge < -0.3 is 10.6 Å².